The topological polar surface area (TPSA) is 20.7 Å². The van der Waals surface area contributed by atoms with E-state index in [1.54, 1.807) is 4.57 Å². The predicted octanol–water partition coefficient (Wildman–Crippen LogP) is 4.33. The van der Waals surface area contributed by atoms with Crippen LogP contribution >= 0.6 is 12.2 Å². The number of rotatable bonds is 2. The molecule has 0 spiro atoms. The molecule has 3 rings (SSSR count). The van der Waals surface area contributed by atoms with Gasteiger partial charge in [0.2, 0.25) is 0 Å². The van der Waals surface area contributed by atoms with Crippen molar-refractivity contribution in [3.63, 3.8) is 0 Å². The first-order chi connectivity index (χ1) is 9.54. The molecule has 0 aliphatic rings. The number of benzene rings is 2. The second-order valence-electron chi connectivity index (χ2n) is 4.77. The van der Waals surface area contributed by atoms with Crippen LogP contribution in [-0.4, -0.2) is 9.55 Å². The van der Waals surface area contributed by atoms with Gasteiger partial charge < -0.3 is 9.55 Å². The van der Waals surface area contributed by atoms with Gasteiger partial charge in [0.25, 0.3) is 0 Å². The fraction of sp³-hybridized carbons (Fsp3) is 0.133. The van der Waals surface area contributed by atoms with Gasteiger partial charge in [0.05, 0.1) is 17.6 Å². The Balaban J connectivity index is 2.13. The fourth-order valence-corrected chi connectivity index (χ4v) is 2.54. The number of aromatic nitrogens is 2. The van der Waals surface area contributed by atoms with Crippen molar-refractivity contribution in [2.75, 3.05) is 0 Å². The molecule has 0 amide bonds. The van der Waals surface area contributed by atoms with Gasteiger partial charge in [0, 0.05) is 5.56 Å². The van der Waals surface area contributed by atoms with Crippen LogP contribution in [0.1, 0.15) is 11.1 Å². The van der Waals surface area contributed by atoms with E-state index in [-0.39, 0.29) is 12.1 Å². The highest BCUT2D eigenvalue weighted by Crippen LogP contribution is 2.19. The molecule has 20 heavy (non-hydrogen) atoms. The summed E-state index contributed by atoms with van der Waals surface area (Å²) in [5.74, 6) is -0.890. The largest absolute Gasteiger partial charge is 0.331 e. The summed E-state index contributed by atoms with van der Waals surface area (Å²) < 4.78 is 29.2. The van der Waals surface area contributed by atoms with Crippen LogP contribution in [0.5, 0.6) is 0 Å². The highest BCUT2D eigenvalue weighted by Gasteiger charge is 2.09. The number of nitrogens with one attached hydrogen (secondary N) is 1. The van der Waals surface area contributed by atoms with E-state index in [4.69, 9.17) is 12.2 Å². The Kier molecular flexibility index (Phi) is 3.14. The minimum absolute atomic E-state index is 0.200. The number of aryl methyl sites for hydroxylation is 1. The number of fused-ring (bicyclic) bond motifs is 1. The highest BCUT2D eigenvalue weighted by atomic mass is 32.1. The number of imidazole rings is 1. The minimum atomic E-state index is -0.455. The summed E-state index contributed by atoms with van der Waals surface area (Å²) in [5, 5.41) is 0. The van der Waals surface area contributed by atoms with E-state index >= 15 is 0 Å². The van der Waals surface area contributed by atoms with Crippen molar-refractivity contribution in [1.82, 2.24) is 9.55 Å². The number of aromatic amines is 1. The van der Waals surface area contributed by atoms with Gasteiger partial charge in [-0.1, -0.05) is 6.07 Å². The van der Waals surface area contributed by atoms with Gasteiger partial charge in [0.1, 0.15) is 11.6 Å². The van der Waals surface area contributed by atoms with E-state index in [2.05, 4.69) is 4.98 Å². The molecule has 0 unspecified atom stereocenters. The van der Waals surface area contributed by atoms with Gasteiger partial charge in [-0.3, -0.25) is 0 Å². The zero-order chi connectivity index (χ0) is 14.3. The van der Waals surface area contributed by atoms with E-state index < -0.39 is 11.6 Å². The standard InChI is InChI=1S/C15H12F2N2S/c1-9-2-5-14-13(6-9)18-15(20)19(14)8-10-7-11(16)3-4-12(10)17/h2-7H,8H2,1H3,(H,18,20). The summed E-state index contributed by atoms with van der Waals surface area (Å²) in [6.45, 7) is 2.19. The zero-order valence-corrected chi connectivity index (χ0v) is 11.6. The normalized spacial score (nSPS) is 11.2. The summed E-state index contributed by atoms with van der Waals surface area (Å²) in [6, 6.07) is 9.30. The van der Waals surface area contributed by atoms with Crippen molar-refractivity contribution in [1.29, 1.82) is 0 Å². The van der Waals surface area contributed by atoms with Crippen LogP contribution < -0.4 is 0 Å². The average Bonchev–Trinajstić information content (AvgIpc) is 2.69. The lowest BCUT2D eigenvalue weighted by Gasteiger charge is -2.06. The summed E-state index contributed by atoms with van der Waals surface area (Å²) in [6.07, 6.45) is 0. The quantitative estimate of drug-likeness (QED) is 0.697. The third kappa shape index (κ3) is 2.25. The molecule has 0 fully saturated rings. The van der Waals surface area contributed by atoms with Crippen molar-refractivity contribution in [3.8, 4) is 0 Å². The van der Waals surface area contributed by atoms with E-state index in [0.717, 1.165) is 28.7 Å². The molecule has 1 aromatic heterocycles. The molecule has 1 heterocycles. The molecule has 0 aliphatic heterocycles. The van der Waals surface area contributed by atoms with Gasteiger partial charge in [-0.05, 0) is 55.0 Å². The predicted molar refractivity (Wildman–Crippen MR) is 77.3 cm³/mol. The molecule has 102 valence electrons. The van der Waals surface area contributed by atoms with E-state index in [0.29, 0.717) is 4.77 Å². The molecule has 2 aromatic carbocycles. The van der Waals surface area contributed by atoms with Gasteiger partial charge in [-0.25, -0.2) is 8.78 Å². The van der Waals surface area contributed by atoms with E-state index in [1.807, 2.05) is 25.1 Å². The lowest BCUT2D eigenvalue weighted by Crippen LogP contribution is -2.02. The first-order valence-corrected chi connectivity index (χ1v) is 6.58. The Morgan fingerprint density at radius 3 is 2.75 bits per heavy atom. The SMILES string of the molecule is Cc1ccc2c(c1)[nH]c(=S)n2Cc1cc(F)ccc1F. The van der Waals surface area contributed by atoms with Crippen molar-refractivity contribution < 1.29 is 8.78 Å². The molecular weight excluding hydrogens is 278 g/mol. The molecule has 5 heteroatoms. The van der Waals surface area contributed by atoms with Gasteiger partial charge in [-0.2, -0.15) is 0 Å². The maximum absolute atomic E-state index is 13.7. The minimum Gasteiger partial charge on any atom is -0.331 e. The maximum atomic E-state index is 13.7. The van der Waals surface area contributed by atoms with E-state index in [9.17, 15) is 8.78 Å². The van der Waals surface area contributed by atoms with E-state index in [1.165, 1.54) is 6.07 Å². The first-order valence-electron chi connectivity index (χ1n) is 6.18. The summed E-state index contributed by atoms with van der Waals surface area (Å²) >= 11 is 5.26. The Hall–Kier alpha value is -2.01. The van der Waals surface area contributed by atoms with Gasteiger partial charge in [0.15, 0.2) is 4.77 Å². The van der Waals surface area contributed by atoms with Crippen molar-refractivity contribution in [3.05, 3.63) is 63.9 Å². The van der Waals surface area contributed by atoms with Crippen molar-refractivity contribution in [2.45, 2.75) is 13.5 Å². The molecule has 0 aliphatic carbocycles. The second-order valence-corrected chi connectivity index (χ2v) is 5.16. The Morgan fingerprint density at radius 1 is 1.15 bits per heavy atom. The van der Waals surface area contributed by atoms with Crippen LogP contribution in [0.2, 0.25) is 0 Å². The highest BCUT2D eigenvalue weighted by molar-refractivity contribution is 7.71. The Bertz CT molecular complexity index is 849. The number of H-pyrrole nitrogens is 1. The van der Waals surface area contributed by atoms with Crippen molar-refractivity contribution in [2.24, 2.45) is 0 Å². The molecular formula is C15H12F2N2S. The van der Waals surface area contributed by atoms with Crippen LogP contribution in [0, 0.1) is 23.3 Å². The lowest BCUT2D eigenvalue weighted by molar-refractivity contribution is 0.578. The lowest BCUT2D eigenvalue weighted by atomic mass is 10.2. The first kappa shape index (κ1) is 13.0. The molecule has 1 N–H and O–H groups in total. The second kappa shape index (κ2) is 4.83. The van der Waals surface area contributed by atoms with Crippen LogP contribution in [-0.2, 0) is 6.54 Å². The molecule has 0 bridgehead atoms. The molecule has 0 saturated carbocycles. The number of hydrogen-bond acceptors (Lipinski definition) is 1. The monoisotopic (exact) mass is 290 g/mol. The molecule has 2 nitrogen and oxygen atoms in total. The van der Waals surface area contributed by atoms with Gasteiger partial charge in [-0.15, -0.1) is 0 Å². The number of nitrogens with zero attached hydrogens (tertiary/aromatic N) is 1. The van der Waals surface area contributed by atoms with Crippen LogP contribution in [0.25, 0.3) is 11.0 Å². The third-order valence-corrected chi connectivity index (χ3v) is 3.59. The Labute approximate surface area is 119 Å². The average molecular weight is 290 g/mol. The summed E-state index contributed by atoms with van der Waals surface area (Å²) in [5.41, 5.74) is 3.16. The van der Waals surface area contributed by atoms with Gasteiger partial charge >= 0.3 is 0 Å². The molecule has 3 aromatic rings. The zero-order valence-electron chi connectivity index (χ0n) is 10.8. The number of halogens is 2. The number of hydrogen-bond donors (Lipinski definition) is 1. The van der Waals surface area contributed by atoms with Crippen LogP contribution in [0.3, 0.4) is 0 Å². The van der Waals surface area contributed by atoms with Crippen molar-refractivity contribution >= 4 is 23.3 Å². The maximum Gasteiger partial charge on any atom is 0.178 e. The summed E-state index contributed by atoms with van der Waals surface area (Å²) in [7, 11) is 0. The smallest absolute Gasteiger partial charge is 0.178 e. The Morgan fingerprint density at radius 2 is 1.95 bits per heavy atom. The van der Waals surface area contributed by atoms with Crippen LogP contribution in [0.4, 0.5) is 8.78 Å². The summed E-state index contributed by atoms with van der Waals surface area (Å²) in [4.78, 5) is 3.08. The molecule has 0 radical (unpaired) electrons. The van der Waals surface area contributed by atoms with Crippen LogP contribution in [0.15, 0.2) is 36.4 Å². The molecule has 0 atom stereocenters. The third-order valence-electron chi connectivity index (χ3n) is 3.27. The fourth-order valence-electron chi connectivity index (χ4n) is 2.27. The molecule has 0 saturated heterocycles.